The summed E-state index contributed by atoms with van der Waals surface area (Å²) in [4.78, 5) is 14.3. The molecule has 0 radical (unpaired) electrons. The van der Waals surface area contributed by atoms with E-state index in [4.69, 9.17) is 4.74 Å². The minimum atomic E-state index is 0.190. The van der Waals surface area contributed by atoms with Gasteiger partial charge in [-0.25, -0.2) is 0 Å². The molecule has 0 bridgehead atoms. The van der Waals surface area contributed by atoms with Crippen LogP contribution in [0.1, 0.15) is 30.1 Å². The molecule has 1 aliphatic rings. The Morgan fingerprint density at radius 2 is 2.44 bits per heavy atom. The zero-order valence-electron chi connectivity index (χ0n) is 11.3. The van der Waals surface area contributed by atoms with Crippen LogP contribution in [0.25, 0.3) is 0 Å². The lowest BCUT2D eigenvalue weighted by Gasteiger charge is -2.22. The summed E-state index contributed by atoms with van der Waals surface area (Å²) < 4.78 is 7.53. The number of carbonyl (C=O) groups excluding carboxylic acids is 1. The summed E-state index contributed by atoms with van der Waals surface area (Å²) in [5.74, 6) is 0.190. The fourth-order valence-corrected chi connectivity index (χ4v) is 2.34. The molecule has 18 heavy (non-hydrogen) atoms. The zero-order valence-corrected chi connectivity index (χ0v) is 11.3. The van der Waals surface area contributed by atoms with Crippen molar-refractivity contribution in [3.05, 3.63) is 24.0 Å². The summed E-state index contributed by atoms with van der Waals surface area (Å²) in [6.07, 6.45) is 6.37. The number of likely N-dealkylation sites (N-methyl/N-ethyl adjacent to an activating group) is 1. The summed E-state index contributed by atoms with van der Waals surface area (Å²) in [5, 5.41) is 0. The van der Waals surface area contributed by atoms with Crippen molar-refractivity contribution >= 4 is 5.78 Å². The van der Waals surface area contributed by atoms with Crippen LogP contribution in [0.15, 0.2) is 18.5 Å². The molecule has 4 heteroatoms. The fraction of sp³-hybridized carbons (Fsp3) is 0.643. The number of hydrogen-bond donors (Lipinski definition) is 0. The van der Waals surface area contributed by atoms with Gasteiger partial charge in [0.2, 0.25) is 0 Å². The van der Waals surface area contributed by atoms with E-state index in [0.29, 0.717) is 12.6 Å². The number of aromatic nitrogens is 1. The van der Waals surface area contributed by atoms with Crippen molar-refractivity contribution in [2.75, 3.05) is 26.2 Å². The highest BCUT2D eigenvalue weighted by atomic mass is 16.5. The molecule has 2 rings (SSSR count). The lowest BCUT2D eigenvalue weighted by molar-refractivity contribution is 0.0686. The monoisotopic (exact) mass is 250 g/mol. The quantitative estimate of drug-likeness (QED) is 0.721. The predicted octanol–water partition coefficient (Wildman–Crippen LogP) is 1.71. The molecular formula is C14H22N2O2. The summed E-state index contributed by atoms with van der Waals surface area (Å²) in [6, 6.07) is 1.88. The highest BCUT2D eigenvalue weighted by molar-refractivity contribution is 5.97. The van der Waals surface area contributed by atoms with Crippen LogP contribution in [0.4, 0.5) is 0 Å². The Kier molecular flexibility index (Phi) is 4.55. The second-order valence-electron chi connectivity index (χ2n) is 4.95. The average molecular weight is 250 g/mol. The molecule has 0 spiro atoms. The maximum Gasteiger partial charge on any atom is 0.178 e. The van der Waals surface area contributed by atoms with Gasteiger partial charge in [-0.2, -0.15) is 0 Å². The smallest absolute Gasteiger partial charge is 0.178 e. The van der Waals surface area contributed by atoms with Crippen LogP contribution in [-0.2, 0) is 11.8 Å². The van der Waals surface area contributed by atoms with Gasteiger partial charge in [-0.15, -0.1) is 0 Å². The Morgan fingerprint density at radius 1 is 1.61 bits per heavy atom. The van der Waals surface area contributed by atoms with E-state index in [1.165, 1.54) is 0 Å². The molecule has 0 saturated carbocycles. The molecule has 1 aromatic rings. The minimum Gasteiger partial charge on any atom is -0.377 e. The number of aryl methyl sites for hydroxylation is 1. The third-order valence-corrected chi connectivity index (χ3v) is 3.45. The van der Waals surface area contributed by atoms with Gasteiger partial charge < -0.3 is 9.30 Å². The molecule has 0 aromatic carbocycles. The van der Waals surface area contributed by atoms with Crippen molar-refractivity contribution in [1.82, 2.24) is 9.47 Å². The Balaban J connectivity index is 1.87. The van der Waals surface area contributed by atoms with E-state index < -0.39 is 0 Å². The SMILES string of the molecule is CCN(CC(=O)c1ccn(C)c1)CC1CCCO1. The summed E-state index contributed by atoms with van der Waals surface area (Å²) in [5.41, 5.74) is 0.795. The van der Waals surface area contributed by atoms with Crippen LogP contribution < -0.4 is 0 Å². The van der Waals surface area contributed by atoms with Gasteiger partial charge in [0.25, 0.3) is 0 Å². The second-order valence-corrected chi connectivity index (χ2v) is 4.95. The van der Waals surface area contributed by atoms with Crippen LogP contribution in [0.3, 0.4) is 0 Å². The molecule has 0 N–H and O–H groups in total. The lowest BCUT2D eigenvalue weighted by Crippen LogP contribution is -2.36. The van der Waals surface area contributed by atoms with Crippen molar-refractivity contribution < 1.29 is 9.53 Å². The topological polar surface area (TPSA) is 34.5 Å². The fourth-order valence-electron chi connectivity index (χ4n) is 2.34. The molecule has 1 unspecified atom stereocenters. The average Bonchev–Trinajstić information content (AvgIpc) is 2.99. The van der Waals surface area contributed by atoms with E-state index in [0.717, 1.165) is 38.1 Å². The van der Waals surface area contributed by atoms with Gasteiger partial charge in [0.05, 0.1) is 12.6 Å². The van der Waals surface area contributed by atoms with E-state index in [9.17, 15) is 4.79 Å². The molecule has 1 aliphatic heterocycles. The number of carbonyl (C=O) groups is 1. The van der Waals surface area contributed by atoms with E-state index in [1.807, 2.05) is 30.1 Å². The number of Topliss-reactive ketones (excluding diaryl/α,β-unsaturated/α-hetero) is 1. The lowest BCUT2D eigenvalue weighted by atomic mass is 10.2. The van der Waals surface area contributed by atoms with Crippen LogP contribution >= 0.6 is 0 Å². The third-order valence-electron chi connectivity index (χ3n) is 3.45. The normalized spacial score (nSPS) is 19.6. The molecule has 1 aromatic heterocycles. The van der Waals surface area contributed by atoms with Crippen molar-refractivity contribution in [1.29, 1.82) is 0 Å². The number of rotatable bonds is 6. The second kappa shape index (κ2) is 6.16. The van der Waals surface area contributed by atoms with Gasteiger partial charge >= 0.3 is 0 Å². The first-order valence-electron chi connectivity index (χ1n) is 6.68. The maximum atomic E-state index is 12.1. The first-order chi connectivity index (χ1) is 8.69. The number of ketones is 1. The summed E-state index contributed by atoms with van der Waals surface area (Å²) in [7, 11) is 1.93. The molecule has 4 nitrogen and oxygen atoms in total. The van der Waals surface area contributed by atoms with Crippen molar-refractivity contribution in [3.63, 3.8) is 0 Å². The summed E-state index contributed by atoms with van der Waals surface area (Å²) in [6.45, 7) is 5.20. The van der Waals surface area contributed by atoms with E-state index in [-0.39, 0.29) is 5.78 Å². The molecule has 0 aliphatic carbocycles. The largest absolute Gasteiger partial charge is 0.377 e. The first kappa shape index (κ1) is 13.3. The maximum absolute atomic E-state index is 12.1. The molecule has 1 saturated heterocycles. The van der Waals surface area contributed by atoms with Gasteiger partial charge in [0.1, 0.15) is 0 Å². The van der Waals surface area contributed by atoms with Crippen LogP contribution in [0, 0.1) is 0 Å². The molecule has 1 atom stereocenters. The number of nitrogens with zero attached hydrogens (tertiary/aromatic N) is 2. The number of ether oxygens (including phenoxy) is 1. The van der Waals surface area contributed by atoms with Crippen LogP contribution in [-0.4, -0.2) is 47.6 Å². The van der Waals surface area contributed by atoms with Crippen LogP contribution in [0.2, 0.25) is 0 Å². The van der Waals surface area contributed by atoms with Gasteiger partial charge in [0.15, 0.2) is 5.78 Å². The Bertz CT molecular complexity index is 394. The van der Waals surface area contributed by atoms with E-state index >= 15 is 0 Å². The molecule has 2 heterocycles. The minimum absolute atomic E-state index is 0.190. The standard InChI is InChI=1S/C14H22N2O2/c1-3-16(10-13-5-4-8-18-13)11-14(17)12-6-7-15(2)9-12/h6-7,9,13H,3-5,8,10-11H2,1-2H3. The van der Waals surface area contributed by atoms with Gasteiger partial charge in [-0.1, -0.05) is 6.92 Å². The highest BCUT2D eigenvalue weighted by Crippen LogP contribution is 2.13. The Hall–Kier alpha value is -1.13. The van der Waals surface area contributed by atoms with Crippen molar-refractivity contribution in [2.45, 2.75) is 25.9 Å². The van der Waals surface area contributed by atoms with Gasteiger partial charge in [-0.3, -0.25) is 9.69 Å². The summed E-state index contributed by atoms with van der Waals surface area (Å²) >= 11 is 0. The highest BCUT2D eigenvalue weighted by Gasteiger charge is 2.20. The van der Waals surface area contributed by atoms with Crippen LogP contribution in [0.5, 0.6) is 0 Å². The molecule has 1 fully saturated rings. The number of hydrogen-bond acceptors (Lipinski definition) is 3. The Labute approximate surface area is 109 Å². The van der Waals surface area contributed by atoms with E-state index in [1.54, 1.807) is 0 Å². The van der Waals surface area contributed by atoms with Gasteiger partial charge in [-0.05, 0) is 25.5 Å². The van der Waals surface area contributed by atoms with Gasteiger partial charge in [0, 0.05) is 38.2 Å². The molecule has 100 valence electrons. The van der Waals surface area contributed by atoms with Crippen molar-refractivity contribution in [3.8, 4) is 0 Å². The molecular weight excluding hydrogens is 228 g/mol. The third kappa shape index (κ3) is 3.43. The first-order valence-corrected chi connectivity index (χ1v) is 6.68. The zero-order chi connectivity index (χ0) is 13.0. The predicted molar refractivity (Wildman–Crippen MR) is 70.8 cm³/mol. The van der Waals surface area contributed by atoms with Crippen molar-refractivity contribution in [2.24, 2.45) is 7.05 Å². The van der Waals surface area contributed by atoms with E-state index in [2.05, 4.69) is 11.8 Å². The molecule has 0 amide bonds. The Morgan fingerprint density at radius 3 is 3.00 bits per heavy atom.